The van der Waals surface area contributed by atoms with Gasteiger partial charge in [0.1, 0.15) is 10.7 Å². The third-order valence-corrected chi connectivity index (χ3v) is 5.26. The van der Waals surface area contributed by atoms with Crippen molar-refractivity contribution in [2.75, 3.05) is 12.8 Å². The molecule has 2 N–H and O–H groups in total. The summed E-state index contributed by atoms with van der Waals surface area (Å²) in [5, 5.41) is 0. The van der Waals surface area contributed by atoms with Gasteiger partial charge in [0.2, 0.25) is 10.0 Å². The molecule has 2 aromatic rings. The molecule has 6 heteroatoms. The summed E-state index contributed by atoms with van der Waals surface area (Å²) in [4.78, 5) is 3.86. The van der Waals surface area contributed by atoms with E-state index < -0.39 is 10.0 Å². The van der Waals surface area contributed by atoms with Gasteiger partial charge in [0.25, 0.3) is 0 Å². The van der Waals surface area contributed by atoms with Gasteiger partial charge in [0.15, 0.2) is 0 Å². The van der Waals surface area contributed by atoms with Crippen molar-refractivity contribution in [2.24, 2.45) is 0 Å². The van der Waals surface area contributed by atoms with Crippen molar-refractivity contribution in [3.63, 3.8) is 0 Å². The number of hydrogen-bond donors (Lipinski definition) is 1. The zero-order valence-corrected chi connectivity index (χ0v) is 12.2. The molecule has 2 rings (SSSR count). The van der Waals surface area contributed by atoms with Crippen LogP contribution >= 0.6 is 0 Å². The number of rotatable bonds is 4. The molecule has 0 saturated heterocycles. The molecule has 0 aliphatic heterocycles. The van der Waals surface area contributed by atoms with Gasteiger partial charge in [0.05, 0.1) is 0 Å². The first kappa shape index (κ1) is 14.5. The second-order valence-corrected chi connectivity index (χ2v) is 6.46. The van der Waals surface area contributed by atoms with Gasteiger partial charge < -0.3 is 5.73 Å². The van der Waals surface area contributed by atoms with Crippen molar-refractivity contribution in [3.8, 4) is 0 Å². The Labute approximate surface area is 119 Å². The molecule has 1 aromatic heterocycles. The van der Waals surface area contributed by atoms with Crippen molar-refractivity contribution in [3.05, 3.63) is 54.2 Å². The van der Waals surface area contributed by atoms with Gasteiger partial charge in [-0.15, -0.1) is 0 Å². The molecule has 1 aromatic carbocycles. The summed E-state index contributed by atoms with van der Waals surface area (Å²) in [5.41, 5.74) is 6.58. The lowest BCUT2D eigenvalue weighted by atomic mass is 10.1. The molecule has 1 unspecified atom stereocenters. The van der Waals surface area contributed by atoms with E-state index in [1.807, 2.05) is 37.3 Å². The Morgan fingerprint density at radius 1 is 1.15 bits per heavy atom. The molecule has 5 nitrogen and oxygen atoms in total. The fourth-order valence-electron chi connectivity index (χ4n) is 1.93. The molecular formula is C14H17N3O2S. The molecule has 0 fully saturated rings. The molecule has 0 radical (unpaired) electrons. The average Bonchev–Trinajstić information content (AvgIpc) is 2.47. The highest BCUT2D eigenvalue weighted by Crippen LogP contribution is 2.27. The highest BCUT2D eigenvalue weighted by molar-refractivity contribution is 7.89. The average molecular weight is 291 g/mol. The number of hydrogen-bond acceptors (Lipinski definition) is 4. The summed E-state index contributed by atoms with van der Waals surface area (Å²) < 4.78 is 26.4. The Morgan fingerprint density at radius 2 is 1.80 bits per heavy atom. The van der Waals surface area contributed by atoms with E-state index in [0.717, 1.165) is 5.56 Å². The van der Waals surface area contributed by atoms with E-state index in [9.17, 15) is 8.42 Å². The molecule has 0 aliphatic rings. The van der Waals surface area contributed by atoms with Crippen LogP contribution in [-0.4, -0.2) is 24.8 Å². The summed E-state index contributed by atoms with van der Waals surface area (Å²) in [6, 6.07) is 12.2. The highest BCUT2D eigenvalue weighted by atomic mass is 32.2. The monoisotopic (exact) mass is 291 g/mol. The Morgan fingerprint density at radius 3 is 2.40 bits per heavy atom. The maximum absolute atomic E-state index is 12.6. The van der Waals surface area contributed by atoms with Gasteiger partial charge in [0, 0.05) is 19.3 Å². The van der Waals surface area contributed by atoms with Crippen molar-refractivity contribution in [1.82, 2.24) is 9.29 Å². The van der Waals surface area contributed by atoms with Gasteiger partial charge in [-0.05, 0) is 24.6 Å². The quantitative estimate of drug-likeness (QED) is 0.935. The van der Waals surface area contributed by atoms with E-state index >= 15 is 0 Å². The van der Waals surface area contributed by atoms with Crippen molar-refractivity contribution < 1.29 is 8.42 Å². The highest BCUT2D eigenvalue weighted by Gasteiger charge is 2.28. The number of anilines is 1. The van der Waals surface area contributed by atoms with Gasteiger partial charge >= 0.3 is 0 Å². The van der Waals surface area contributed by atoms with Gasteiger partial charge in [-0.2, -0.15) is 4.31 Å². The van der Waals surface area contributed by atoms with Crippen LogP contribution < -0.4 is 5.73 Å². The molecule has 0 saturated carbocycles. The standard InChI is InChI=1S/C14H17N3O2S/c1-11(12-7-4-3-5-8-12)17(2)20(18,19)13-9-6-10-16-14(13)15/h3-11H,1-2H3,(H2,15,16). The predicted octanol–water partition coefficient (Wildman–Crippen LogP) is 2.05. The predicted molar refractivity (Wildman–Crippen MR) is 78.5 cm³/mol. The van der Waals surface area contributed by atoms with Gasteiger partial charge in [-0.1, -0.05) is 30.3 Å². The molecule has 0 amide bonds. The molecule has 106 valence electrons. The molecule has 1 heterocycles. The first-order valence-corrected chi connectivity index (χ1v) is 7.62. The van der Waals surface area contributed by atoms with E-state index in [1.54, 1.807) is 13.1 Å². The van der Waals surface area contributed by atoms with Gasteiger partial charge in [-0.3, -0.25) is 0 Å². The van der Waals surface area contributed by atoms with Crippen LogP contribution in [0.2, 0.25) is 0 Å². The Balaban J connectivity index is 2.38. The summed E-state index contributed by atoms with van der Waals surface area (Å²) in [6.07, 6.45) is 1.47. The Kier molecular flexibility index (Phi) is 4.06. The second-order valence-electron chi connectivity index (χ2n) is 4.49. The summed E-state index contributed by atoms with van der Waals surface area (Å²) in [7, 11) is -2.13. The van der Waals surface area contributed by atoms with E-state index in [2.05, 4.69) is 4.98 Å². The van der Waals surface area contributed by atoms with Crippen molar-refractivity contribution in [1.29, 1.82) is 0 Å². The van der Waals surface area contributed by atoms with Crippen LogP contribution in [0.4, 0.5) is 5.82 Å². The number of nitrogens with two attached hydrogens (primary N) is 1. The molecular weight excluding hydrogens is 274 g/mol. The minimum Gasteiger partial charge on any atom is -0.383 e. The number of nitrogen functional groups attached to an aromatic ring is 1. The van der Waals surface area contributed by atoms with Crippen molar-refractivity contribution in [2.45, 2.75) is 17.9 Å². The maximum atomic E-state index is 12.6. The lowest BCUT2D eigenvalue weighted by Crippen LogP contribution is -2.30. The SMILES string of the molecule is CC(c1ccccc1)N(C)S(=O)(=O)c1cccnc1N. The van der Waals surface area contributed by atoms with E-state index in [1.165, 1.54) is 16.6 Å². The Hall–Kier alpha value is -1.92. The number of benzene rings is 1. The van der Waals surface area contributed by atoms with E-state index in [0.29, 0.717) is 0 Å². The fraction of sp³-hybridized carbons (Fsp3) is 0.214. The summed E-state index contributed by atoms with van der Waals surface area (Å²) >= 11 is 0. The summed E-state index contributed by atoms with van der Waals surface area (Å²) in [5.74, 6) is 0.0135. The van der Waals surface area contributed by atoms with Gasteiger partial charge in [-0.25, -0.2) is 13.4 Å². The Bertz CT molecular complexity index is 687. The van der Waals surface area contributed by atoms with Crippen LogP contribution in [0.3, 0.4) is 0 Å². The minimum atomic E-state index is -3.67. The fourth-order valence-corrected chi connectivity index (χ4v) is 3.34. The topological polar surface area (TPSA) is 76.3 Å². The van der Waals surface area contributed by atoms with Crippen LogP contribution in [0.1, 0.15) is 18.5 Å². The largest absolute Gasteiger partial charge is 0.383 e. The zero-order chi connectivity index (χ0) is 14.8. The molecule has 0 bridgehead atoms. The van der Waals surface area contributed by atoms with Crippen LogP contribution in [0.15, 0.2) is 53.6 Å². The maximum Gasteiger partial charge on any atom is 0.247 e. The normalized spacial score (nSPS) is 13.3. The third-order valence-electron chi connectivity index (χ3n) is 3.28. The zero-order valence-electron chi connectivity index (χ0n) is 11.4. The number of nitrogens with zero attached hydrogens (tertiary/aromatic N) is 2. The number of aromatic nitrogens is 1. The molecule has 20 heavy (non-hydrogen) atoms. The number of pyridine rings is 1. The molecule has 0 spiro atoms. The number of sulfonamides is 1. The smallest absolute Gasteiger partial charge is 0.247 e. The second kappa shape index (κ2) is 5.60. The molecule has 0 aliphatic carbocycles. The van der Waals surface area contributed by atoms with E-state index in [4.69, 9.17) is 5.73 Å². The summed E-state index contributed by atoms with van der Waals surface area (Å²) in [6.45, 7) is 1.83. The lowest BCUT2D eigenvalue weighted by molar-refractivity contribution is 0.398. The van der Waals surface area contributed by atoms with Crippen LogP contribution in [0, 0.1) is 0 Å². The molecule has 1 atom stereocenters. The third kappa shape index (κ3) is 2.66. The van der Waals surface area contributed by atoms with Crippen LogP contribution in [-0.2, 0) is 10.0 Å². The first-order valence-electron chi connectivity index (χ1n) is 6.18. The van der Waals surface area contributed by atoms with E-state index in [-0.39, 0.29) is 16.8 Å². The van der Waals surface area contributed by atoms with Crippen LogP contribution in [0.25, 0.3) is 0 Å². The van der Waals surface area contributed by atoms with Crippen molar-refractivity contribution >= 4 is 15.8 Å². The van der Waals surface area contributed by atoms with Crippen LogP contribution in [0.5, 0.6) is 0 Å². The minimum absolute atomic E-state index is 0.0135. The first-order chi connectivity index (χ1) is 9.44. The lowest BCUT2D eigenvalue weighted by Gasteiger charge is -2.25.